The molecule has 2 aromatic rings. The fraction of sp³-hybridized carbons (Fsp3) is 0.182. The van der Waals surface area contributed by atoms with Crippen LogP contribution in [0.2, 0.25) is 0 Å². The van der Waals surface area contributed by atoms with E-state index in [9.17, 15) is 5.11 Å². The largest absolute Gasteiger partial charge is 0.508 e. The topological polar surface area (TPSA) is 50.1 Å². The van der Waals surface area contributed by atoms with Gasteiger partial charge < -0.3 is 10.4 Å². The first-order chi connectivity index (χ1) is 7.25. The zero-order valence-corrected chi connectivity index (χ0v) is 8.51. The molecular formula is C11H13N3O. The van der Waals surface area contributed by atoms with Gasteiger partial charge in [0.2, 0.25) is 0 Å². The van der Waals surface area contributed by atoms with Crippen LogP contribution in [-0.2, 0) is 13.6 Å². The number of aryl methyl sites for hydroxylation is 1. The average Bonchev–Trinajstić information content (AvgIpc) is 2.63. The second kappa shape index (κ2) is 4.04. The summed E-state index contributed by atoms with van der Waals surface area (Å²) in [6.45, 7) is 0.573. The van der Waals surface area contributed by atoms with Crippen LogP contribution in [0.4, 0.5) is 5.82 Å². The van der Waals surface area contributed by atoms with Crippen molar-refractivity contribution < 1.29 is 5.11 Å². The van der Waals surface area contributed by atoms with Crippen LogP contribution in [0.25, 0.3) is 0 Å². The van der Waals surface area contributed by atoms with Crippen molar-refractivity contribution in [2.45, 2.75) is 6.54 Å². The summed E-state index contributed by atoms with van der Waals surface area (Å²) in [5.74, 6) is 1.11. The predicted octanol–water partition coefficient (Wildman–Crippen LogP) is 1.74. The van der Waals surface area contributed by atoms with Crippen LogP contribution in [0.3, 0.4) is 0 Å². The molecule has 0 aliphatic rings. The van der Waals surface area contributed by atoms with Crippen molar-refractivity contribution in [1.29, 1.82) is 0 Å². The van der Waals surface area contributed by atoms with Gasteiger partial charge in [-0.3, -0.25) is 4.68 Å². The highest BCUT2D eigenvalue weighted by Crippen LogP contribution is 2.16. The molecule has 4 heteroatoms. The monoisotopic (exact) mass is 203 g/mol. The summed E-state index contributed by atoms with van der Waals surface area (Å²) >= 11 is 0. The quantitative estimate of drug-likeness (QED) is 0.798. The Bertz CT molecular complexity index is 451. The normalized spacial score (nSPS) is 10.2. The molecule has 1 aromatic heterocycles. The smallest absolute Gasteiger partial charge is 0.148 e. The highest BCUT2D eigenvalue weighted by atomic mass is 16.3. The molecule has 0 saturated carbocycles. The van der Waals surface area contributed by atoms with Gasteiger partial charge in [-0.15, -0.1) is 0 Å². The van der Waals surface area contributed by atoms with Crippen molar-refractivity contribution in [1.82, 2.24) is 9.78 Å². The van der Waals surface area contributed by atoms with Crippen LogP contribution in [0.1, 0.15) is 5.56 Å². The third-order valence-electron chi connectivity index (χ3n) is 2.17. The van der Waals surface area contributed by atoms with E-state index in [0.29, 0.717) is 12.3 Å². The van der Waals surface area contributed by atoms with E-state index < -0.39 is 0 Å². The number of hydrogen-bond acceptors (Lipinski definition) is 3. The summed E-state index contributed by atoms with van der Waals surface area (Å²) in [7, 11) is 1.87. The van der Waals surface area contributed by atoms with E-state index in [4.69, 9.17) is 0 Å². The highest BCUT2D eigenvalue weighted by molar-refractivity contribution is 5.38. The molecule has 78 valence electrons. The van der Waals surface area contributed by atoms with Crippen molar-refractivity contribution >= 4 is 5.82 Å². The Hall–Kier alpha value is -1.97. The molecule has 1 aromatic carbocycles. The lowest BCUT2D eigenvalue weighted by molar-refractivity contribution is 0.469. The minimum absolute atomic E-state index is 0.306. The zero-order chi connectivity index (χ0) is 10.7. The SMILES string of the molecule is Cn1ccc(NCc2ccccc2O)n1. The molecule has 0 aliphatic heterocycles. The maximum atomic E-state index is 9.53. The number of nitrogens with one attached hydrogen (secondary N) is 1. The molecule has 1 heterocycles. The molecule has 2 rings (SSSR count). The number of benzene rings is 1. The number of hydrogen-bond donors (Lipinski definition) is 2. The lowest BCUT2D eigenvalue weighted by Gasteiger charge is -2.04. The maximum Gasteiger partial charge on any atom is 0.148 e. The molecule has 0 spiro atoms. The standard InChI is InChI=1S/C11H13N3O/c1-14-7-6-11(13-14)12-8-9-4-2-3-5-10(9)15/h2-7,15H,8H2,1H3,(H,12,13). The van der Waals surface area contributed by atoms with E-state index in [2.05, 4.69) is 10.4 Å². The Balaban J connectivity index is 2.02. The van der Waals surface area contributed by atoms with E-state index in [1.54, 1.807) is 16.8 Å². The summed E-state index contributed by atoms with van der Waals surface area (Å²) in [5.41, 5.74) is 0.864. The van der Waals surface area contributed by atoms with Crippen LogP contribution >= 0.6 is 0 Å². The van der Waals surface area contributed by atoms with Crippen molar-refractivity contribution in [3.8, 4) is 5.75 Å². The molecule has 0 fully saturated rings. The van der Waals surface area contributed by atoms with E-state index in [0.717, 1.165) is 11.4 Å². The molecule has 0 atom stereocenters. The van der Waals surface area contributed by atoms with Gasteiger partial charge in [0.15, 0.2) is 0 Å². The summed E-state index contributed by atoms with van der Waals surface area (Å²) in [6.07, 6.45) is 1.87. The van der Waals surface area contributed by atoms with Crippen LogP contribution in [0, 0.1) is 0 Å². The van der Waals surface area contributed by atoms with Crippen LogP contribution < -0.4 is 5.32 Å². The molecule has 0 amide bonds. The number of phenolic OH excluding ortho intramolecular Hbond substituents is 1. The number of para-hydroxylation sites is 1. The number of aromatic nitrogens is 2. The molecule has 0 bridgehead atoms. The predicted molar refractivity (Wildman–Crippen MR) is 58.6 cm³/mol. The first kappa shape index (κ1) is 9.58. The van der Waals surface area contributed by atoms with Crippen LogP contribution in [0.15, 0.2) is 36.5 Å². The van der Waals surface area contributed by atoms with Gasteiger partial charge in [-0.05, 0) is 6.07 Å². The molecule has 15 heavy (non-hydrogen) atoms. The van der Waals surface area contributed by atoms with Gasteiger partial charge >= 0.3 is 0 Å². The molecule has 0 radical (unpaired) electrons. The minimum atomic E-state index is 0.306. The lowest BCUT2D eigenvalue weighted by Crippen LogP contribution is -2.00. The Morgan fingerprint density at radius 3 is 2.80 bits per heavy atom. The summed E-state index contributed by atoms with van der Waals surface area (Å²) in [6, 6.07) is 9.15. The van der Waals surface area contributed by atoms with Gasteiger partial charge in [-0.2, -0.15) is 5.10 Å². The number of nitrogens with zero attached hydrogens (tertiary/aromatic N) is 2. The van der Waals surface area contributed by atoms with Gasteiger partial charge in [-0.1, -0.05) is 18.2 Å². The van der Waals surface area contributed by atoms with Crippen LogP contribution in [-0.4, -0.2) is 14.9 Å². The third kappa shape index (κ3) is 2.28. The van der Waals surface area contributed by atoms with E-state index in [1.807, 2.05) is 31.4 Å². The van der Waals surface area contributed by atoms with Crippen molar-refractivity contribution in [2.75, 3.05) is 5.32 Å². The van der Waals surface area contributed by atoms with Crippen molar-refractivity contribution in [3.63, 3.8) is 0 Å². The fourth-order valence-electron chi connectivity index (χ4n) is 1.36. The van der Waals surface area contributed by atoms with Crippen LogP contribution in [0.5, 0.6) is 5.75 Å². The molecule has 0 unspecified atom stereocenters. The number of anilines is 1. The van der Waals surface area contributed by atoms with E-state index >= 15 is 0 Å². The maximum absolute atomic E-state index is 9.53. The molecule has 0 saturated heterocycles. The molecule has 2 N–H and O–H groups in total. The summed E-state index contributed by atoms with van der Waals surface area (Å²) < 4.78 is 1.73. The molecule has 0 aliphatic carbocycles. The Labute approximate surface area is 88.2 Å². The molecular weight excluding hydrogens is 190 g/mol. The lowest BCUT2D eigenvalue weighted by atomic mass is 10.2. The van der Waals surface area contributed by atoms with Gasteiger partial charge in [0.25, 0.3) is 0 Å². The second-order valence-corrected chi connectivity index (χ2v) is 3.36. The van der Waals surface area contributed by atoms with Crippen molar-refractivity contribution in [2.24, 2.45) is 7.05 Å². The number of phenols is 1. The van der Waals surface area contributed by atoms with Gasteiger partial charge in [0.1, 0.15) is 11.6 Å². The third-order valence-corrected chi connectivity index (χ3v) is 2.17. The minimum Gasteiger partial charge on any atom is -0.508 e. The number of aromatic hydroxyl groups is 1. The van der Waals surface area contributed by atoms with Crippen molar-refractivity contribution in [3.05, 3.63) is 42.1 Å². The summed E-state index contributed by atoms with van der Waals surface area (Å²) in [4.78, 5) is 0. The van der Waals surface area contributed by atoms with Gasteiger partial charge in [0, 0.05) is 31.4 Å². The first-order valence-electron chi connectivity index (χ1n) is 4.76. The Morgan fingerprint density at radius 2 is 2.13 bits per heavy atom. The second-order valence-electron chi connectivity index (χ2n) is 3.36. The van der Waals surface area contributed by atoms with Gasteiger partial charge in [-0.25, -0.2) is 0 Å². The summed E-state index contributed by atoms with van der Waals surface area (Å²) in [5, 5.41) is 16.8. The van der Waals surface area contributed by atoms with E-state index in [1.165, 1.54) is 0 Å². The molecule has 4 nitrogen and oxygen atoms in total. The first-order valence-corrected chi connectivity index (χ1v) is 4.76. The fourth-order valence-corrected chi connectivity index (χ4v) is 1.36. The number of rotatable bonds is 3. The highest BCUT2D eigenvalue weighted by Gasteiger charge is 2.00. The Kier molecular flexibility index (Phi) is 2.58. The average molecular weight is 203 g/mol. The Morgan fingerprint density at radius 1 is 1.33 bits per heavy atom. The van der Waals surface area contributed by atoms with E-state index in [-0.39, 0.29) is 0 Å². The zero-order valence-electron chi connectivity index (χ0n) is 8.51. The van der Waals surface area contributed by atoms with Gasteiger partial charge in [0.05, 0.1) is 0 Å².